The molecule has 1 fully saturated rings. The van der Waals surface area contributed by atoms with Gasteiger partial charge in [-0.3, -0.25) is 0 Å². The van der Waals surface area contributed by atoms with Gasteiger partial charge in [0, 0.05) is 12.8 Å². The predicted molar refractivity (Wildman–Crippen MR) is 79.2 cm³/mol. The second kappa shape index (κ2) is 5.05. The van der Waals surface area contributed by atoms with E-state index in [2.05, 4.69) is 9.83 Å². The Morgan fingerprint density at radius 3 is 2.90 bits per heavy atom. The summed E-state index contributed by atoms with van der Waals surface area (Å²) in [6.45, 7) is 7.90. The number of ether oxygens (including phenoxy) is 1. The van der Waals surface area contributed by atoms with Crippen LogP contribution in [0.15, 0.2) is 18.2 Å². The second-order valence-electron chi connectivity index (χ2n) is 5.28. The van der Waals surface area contributed by atoms with Gasteiger partial charge in [-0.2, -0.15) is 0 Å². The normalized spacial score (nSPS) is 15.7. The van der Waals surface area contributed by atoms with Crippen LogP contribution in [0.2, 0.25) is 0 Å². The standard InChI is InChI=1S/C15H14ClN3O2/c1-17-15(5-6-15)9-19-12-7-10(14(20)21-2)3-4-11(12)18-13(19)8-16/h3-4,7H,5-6,8-9H2,2H3. The van der Waals surface area contributed by atoms with Crippen LogP contribution in [0.1, 0.15) is 29.0 Å². The lowest BCUT2D eigenvalue weighted by molar-refractivity contribution is 0.0601. The molecule has 0 N–H and O–H groups in total. The lowest BCUT2D eigenvalue weighted by Gasteiger charge is -2.09. The van der Waals surface area contributed by atoms with Crippen molar-refractivity contribution in [1.82, 2.24) is 9.55 Å². The Kier molecular flexibility index (Phi) is 3.34. The van der Waals surface area contributed by atoms with Crippen LogP contribution in [0, 0.1) is 6.57 Å². The van der Waals surface area contributed by atoms with Crippen LogP contribution in [0.3, 0.4) is 0 Å². The minimum Gasteiger partial charge on any atom is -0.465 e. The lowest BCUT2D eigenvalue weighted by Crippen LogP contribution is -2.15. The molecule has 0 atom stereocenters. The van der Waals surface area contributed by atoms with Gasteiger partial charge in [0.2, 0.25) is 0 Å². The number of esters is 1. The van der Waals surface area contributed by atoms with Gasteiger partial charge in [0.15, 0.2) is 0 Å². The van der Waals surface area contributed by atoms with Crippen molar-refractivity contribution in [2.45, 2.75) is 30.8 Å². The third kappa shape index (κ3) is 2.36. The molecular weight excluding hydrogens is 290 g/mol. The van der Waals surface area contributed by atoms with Gasteiger partial charge < -0.3 is 14.1 Å². The van der Waals surface area contributed by atoms with E-state index in [1.54, 1.807) is 18.2 Å². The number of rotatable bonds is 4. The van der Waals surface area contributed by atoms with Gasteiger partial charge >= 0.3 is 5.97 Å². The van der Waals surface area contributed by atoms with E-state index in [4.69, 9.17) is 22.9 Å². The third-order valence-electron chi connectivity index (χ3n) is 3.88. The summed E-state index contributed by atoms with van der Waals surface area (Å²) >= 11 is 5.97. The van der Waals surface area contributed by atoms with Gasteiger partial charge in [-0.25, -0.2) is 16.4 Å². The topological polar surface area (TPSA) is 48.5 Å². The van der Waals surface area contributed by atoms with Crippen LogP contribution >= 0.6 is 11.6 Å². The van der Waals surface area contributed by atoms with Crippen LogP contribution < -0.4 is 0 Å². The number of aromatic nitrogens is 2. The summed E-state index contributed by atoms with van der Waals surface area (Å²) in [4.78, 5) is 19.9. The van der Waals surface area contributed by atoms with Crippen LogP contribution in [0.4, 0.5) is 0 Å². The quantitative estimate of drug-likeness (QED) is 0.495. The summed E-state index contributed by atoms with van der Waals surface area (Å²) in [5.41, 5.74) is 1.75. The summed E-state index contributed by atoms with van der Waals surface area (Å²) in [5.74, 6) is 0.614. The summed E-state index contributed by atoms with van der Waals surface area (Å²) < 4.78 is 6.71. The molecule has 0 bridgehead atoms. The fourth-order valence-corrected chi connectivity index (χ4v) is 2.64. The minimum absolute atomic E-state index is 0.274. The molecular formula is C15H14ClN3O2. The van der Waals surface area contributed by atoms with E-state index >= 15 is 0 Å². The molecule has 0 unspecified atom stereocenters. The minimum atomic E-state index is -0.386. The van der Waals surface area contributed by atoms with Crippen molar-refractivity contribution in [2.75, 3.05) is 7.11 Å². The Morgan fingerprint density at radius 2 is 2.33 bits per heavy atom. The van der Waals surface area contributed by atoms with E-state index in [-0.39, 0.29) is 17.4 Å². The fraction of sp³-hybridized carbons (Fsp3) is 0.400. The third-order valence-corrected chi connectivity index (χ3v) is 4.12. The first kappa shape index (κ1) is 13.9. The van der Waals surface area contributed by atoms with Crippen molar-refractivity contribution >= 4 is 28.6 Å². The van der Waals surface area contributed by atoms with Crippen molar-refractivity contribution < 1.29 is 9.53 Å². The number of methoxy groups -OCH3 is 1. The number of carbonyl (C=O) groups is 1. The number of alkyl halides is 1. The highest BCUT2D eigenvalue weighted by Crippen LogP contribution is 2.42. The fourth-order valence-electron chi connectivity index (χ4n) is 2.44. The van der Waals surface area contributed by atoms with Crippen molar-refractivity contribution in [3.8, 4) is 0 Å². The number of imidazole rings is 1. The molecule has 1 heterocycles. The Balaban J connectivity index is 2.11. The molecule has 2 aromatic rings. The molecule has 0 aliphatic heterocycles. The molecule has 1 aliphatic rings. The highest BCUT2D eigenvalue weighted by molar-refractivity contribution is 6.16. The van der Waals surface area contributed by atoms with Crippen molar-refractivity contribution in [1.29, 1.82) is 0 Å². The van der Waals surface area contributed by atoms with Crippen LogP contribution in [-0.2, 0) is 17.2 Å². The van der Waals surface area contributed by atoms with Crippen LogP contribution in [0.25, 0.3) is 15.9 Å². The summed E-state index contributed by atoms with van der Waals surface area (Å²) in [6, 6.07) is 5.22. The first-order valence-corrected chi connectivity index (χ1v) is 7.18. The smallest absolute Gasteiger partial charge is 0.337 e. The van der Waals surface area contributed by atoms with Gasteiger partial charge in [-0.05, 0) is 18.2 Å². The molecule has 1 aromatic heterocycles. The van der Waals surface area contributed by atoms with Crippen molar-refractivity contribution in [3.63, 3.8) is 0 Å². The highest BCUT2D eigenvalue weighted by atomic mass is 35.5. The monoisotopic (exact) mass is 303 g/mol. The first-order chi connectivity index (χ1) is 10.1. The Hall–Kier alpha value is -2.06. The van der Waals surface area contributed by atoms with E-state index in [9.17, 15) is 4.79 Å². The molecule has 0 amide bonds. The molecule has 108 valence electrons. The largest absolute Gasteiger partial charge is 0.465 e. The molecule has 0 spiro atoms. The van der Waals surface area contributed by atoms with Gasteiger partial charge in [0.25, 0.3) is 5.54 Å². The van der Waals surface area contributed by atoms with Crippen LogP contribution in [0.5, 0.6) is 0 Å². The van der Waals surface area contributed by atoms with Crippen molar-refractivity contribution in [3.05, 3.63) is 41.0 Å². The molecule has 21 heavy (non-hydrogen) atoms. The first-order valence-electron chi connectivity index (χ1n) is 6.64. The summed E-state index contributed by atoms with van der Waals surface area (Å²) in [7, 11) is 1.35. The maximum atomic E-state index is 11.7. The van der Waals surface area contributed by atoms with Gasteiger partial charge in [0.1, 0.15) is 12.4 Å². The van der Waals surface area contributed by atoms with E-state index in [0.29, 0.717) is 12.1 Å². The number of fused-ring (bicyclic) bond motifs is 1. The number of halogens is 1. The van der Waals surface area contributed by atoms with Gasteiger partial charge in [-0.1, -0.05) is 0 Å². The van der Waals surface area contributed by atoms with Gasteiger partial charge in [-0.15, -0.1) is 11.6 Å². The molecule has 3 rings (SSSR count). The number of hydrogen-bond donors (Lipinski definition) is 0. The molecule has 5 nitrogen and oxygen atoms in total. The average molecular weight is 304 g/mol. The van der Waals surface area contributed by atoms with E-state index in [1.807, 2.05) is 4.57 Å². The van der Waals surface area contributed by atoms with Gasteiger partial charge in [0.05, 0.1) is 29.6 Å². The maximum absolute atomic E-state index is 11.7. The zero-order valence-corrected chi connectivity index (χ0v) is 12.4. The number of hydrogen-bond acceptors (Lipinski definition) is 3. The van der Waals surface area contributed by atoms with E-state index < -0.39 is 0 Å². The SMILES string of the molecule is [C-]#[N+]C1(Cn2c(CCl)nc3ccc(C(=O)OC)cc32)CC1. The zero-order chi connectivity index (χ0) is 15.0. The number of benzene rings is 1. The Morgan fingerprint density at radius 1 is 1.57 bits per heavy atom. The molecule has 1 aromatic carbocycles. The average Bonchev–Trinajstić information content (AvgIpc) is 3.22. The number of nitrogens with zero attached hydrogens (tertiary/aromatic N) is 3. The lowest BCUT2D eigenvalue weighted by atomic mass is 10.2. The Labute approximate surface area is 127 Å². The van der Waals surface area contributed by atoms with Crippen molar-refractivity contribution in [2.24, 2.45) is 0 Å². The maximum Gasteiger partial charge on any atom is 0.337 e. The summed E-state index contributed by atoms with van der Waals surface area (Å²) in [5, 5.41) is 0. The zero-order valence-electron chi connectivity index (χ0n) is 11.6. The molecule has 0 radical (unpaired) electrons. The highest BCUT2D eigenvalue weighted by Gasteiger charge is 2.51. The summed E-state index contributed by atoms with van der Waals surface area (Å²) in [6.07, 6.45) is 1.79. The van der Waals surface area contributed by atoms with Crippen LogP contribution in [-0.4, -0.2) is 28.2 Å². The molecule has 6 heteroatoms. The predicted octanol–water partition coefficient (Wildman–Crippen LogP) is 3.01. The molecule has 0 saturated heterocycles. The molecule has 1 saturated carbocycles. The second-order valence-corrected chi connectivity index (χ2v) is 5.55. The Bertz CT molecular complexity index is 756. The molecule has 1 aliphatic carbocycles. The van der Waals surface area contributed by atoms with E-state index in [1.165, 1.54) is 7.11 Å². The van der Waals surface area contributed by atoms with E-state index in [0.717, 1.165) is 29.7 Å². The number of carbonyl (C=O) groups excluding carboxylic acids is 1.